The third-order valence-electron chi connectivity index (χ3n) is 12.8. The van der Waals surface area contributed by atoms with E-state index in [2.05, 4.69) is 34.8 Å². The molecule has 0 atom stereocenters. The fourth-order valence-electron chi connectivity index (χ4n) is 8.54. The van der Waals surface area contributed by atoms with Crippen molar-refractivity contribution in [2.45, 2.75) is 63.8 Å². The molecule has 18 nitrogen and oxygen atoms in total. The molecule has 0 aliphatic rings. The van der Waals surface area contributed by atoms with Crippen molar-refractivity contribution in [1.82, 2.24) is 35.0 Å². The van der Waals surface area contributed by atoms with Gasteiger partial charge < -0.3 is 22.8 Å². The van der Waals surface area contributed by atoms with Gasteiger partial charge in [0.05, 0.1) is 50.4 Å². The van der Waals surface area contributed by atoms with Gasteiger partial charge in [-0.3, -0.25) is 9.48 Å². The van der Waals surface area contributed by atoms with Crippen LogP contribution in [0.5, 0.6) is 0 Å². The summed E-state index contributed by atoms with van der Waals surface area (Å²) in [5.74, 6) is -0.0854. The van der Waals surface area contributed by atoms with Crippen molar-refractivity contribution in [1.29, 1.82) is 0 Å². The number of hydrogen-bond donors (Lipinski definition) is 2. The van der Waals surface area contributed by atoms with Crippen LogP contribution in [-0.4, -0.2) is 64.8 Å². The molecule has 358 valence electrons. The maximum Gasteiger partial charge on any atom is 0.264 e. The highest BCUT2D eigenvalue weighted by Crippen LogP contribution is 2.49. The number of nitrogens with one attached hydrogen (secondary N) is 2. The molecule has 0 bridgehead atoms. The fourth-order valence-corrected chi connectivity index (χ4v) is 11.1. The Morgan fingerprint density at radius 3 is 1.44 bits per heavy atom. The van der Waals surface area contributed by atoms with E-state index in [0.29, 0.717) is 72.8 Å². The minimum Gasteiger partial charge on any atom is -0.445 e. The number of oxazole rings is 2. The van der Waals surface area contributed by atoms with Gasteiger partial charge in [0.15, 0.2) is 0 Å². The molecule has 0 radical (unpaired) electrons. The number of anilines is 2. The van der Waals surface area contributed by atoms with E-state index in [-0.39, 0.29) is 44.5 Å². The maximum absolute atomic E-state index is 15.6. The van der Waals surface area contributed by atoms with Crippen molar-refractivity contribution in [2.24, 2.45) is 7.05 Å². The van der Waals surface area contributed by atoms with Gasteiger partial charge in [0.25, 0.3) is 26.0 Å². The molecule has 5 aromatic heterocycles. The number of amides is 1. The summed E-state index contributed by atoms with van der Waals surface area (Å²) < 4.78 is 87.9. The van der Waals surface area contributed by atoms with E-state index < -0.39 is 31.5 Å². The summed E-state index contributed by atoms with van der Waals surface area (Å²) in [5, 5.41) is 12.5. The number of hydrogen-bond acceptors (Lipinski definition) is 14. The van der Waals surface area contributed by atoms with Crippen LogP contribution < -0.4 is 9.44 Å². The van der Waals surface area contributed by atoms with Crippen molar-refractivity contribution >= 4 is 37.7 Å². The highest BCUT2D eigenvalue weighted by atomic mass is 32.2. The van der Waals surface area contributed by atoms with E-state index in [1.165, 1.54) is 37.1 Å². The van der Waals surface area contributed by atoms with E-state index in [4.69, 9.17) is 17.9 Å². The van der Waals surface area contributed by atoms with Crippen LogP contribution in [0.25, 0.3) is 45.2 Å². The molecule has 0 aliphatic heterocycles. The predicted octanol–water partition coefficient (Wildman–Crippen LogP) is 9.53. The molecule has 20 heteroatoms. The Balaban J connectivity index is 1.38. The average molecular weight is 982 g/mol. The minimum atomic E-state index is -4.42. The molecule has 0 saturated heterocycles. The summed E-state index contributed by atoms with van der Waals surface area (Å²) in [6.45, 7) is 12.1. The summed E-state index contributed by atoms with van der Waals surface area (Å²) in [6, 6.07) is 23.4. The standard InChI is InChI=1S/C50H47N9O9S2/c1-28-30(3)54-67-45(28)56-69(61,62)42-16-12-10-14-38(42)36-20-18-34(47-51-22-24-65-47)26-40(36)50(7,58(8)49(60)44-32(5)53-59(9)33(44)6)41-27-35(48-52-23-25-66-48)19-21-37(41)39-15-11-13-17-43(39)70(63,64)57-46-29(2)31(4)55-68-46/h10-27,56-57H,1-9H3. The number of rotatable bonds is 14. The zero-order valence-corrected chi connectivity index (χ0v) is 41.1. The Morgan fingerprint density at radius 2 is 1.07 bits per heavy atom. The molecule has 0 saturated carbocycles. The molecule has 0 spiro atoms. The number of aromatic nitrogens is 6. The highest BCUT2D eigenvalue weighted by Gasteiger charge is 2.43. The smallest absolute Gasteiger partial charge is 0.264 e. The summed E-state index contributed by atoms with van der Waals surface area (Å²) in [6.07, 6.45) is 5.85. The minimum absolute atomic E-state index is 0.0474. The molecule has 2 N–H and O–H groups in total. The SMILES string of the molecule is Cc1noc(NS(=O)(=O)c2ccccc2-c2ccc(-c3ncco3)cc2C(C)(c2cc(-c3ncco3)ccc2-c2ccccc2S(=O)(=O)Nc2onc(C)c2C)N(C)C(=O)c2c(C)nn(C)c2C)c1C. The van der Waals surface area contributed by atoms with Crippen molar-refractivity contribution in [3.8, 4) is 45.2 Å². The van der Waals surface area contributed by atoms with Gasteiger partial charge in [-0.05, 0) is 107 Å². The van der Waals surface area contributed by atoms with E-state index >= 15 is 4.79 Å². The lowest BCUT2D eigenvalue weighted by Crippen LogP contribution is -2.47. The summed E-state index contributed by atoms with van der Waals surface area (Å²) in [5.41, 5.74) is 4.64. The first-order valence-electron chi connectivity index (χ1n) is 21.8. The molecule has 4 aromatic carbocycles. The summed E-state index contributed by atoms with van der Waals surface area (Å²) in [7, 11) is -5.46. The lowest BCUT2D eigenvalue weighted by Gasteiger charge is -2.43. The fraction of sp³-hybridized carbons (Fsp3) is 0.200. The lowest BCUT2D eigenvalue weighted by atomic mass is 9.75. The second-order valence-corrected chi connectivity index (χ2v) is 20.3. The van der Waals surface area contributed by atoms with Gasteiger partial charge in [-0.15, -0.1) is 0 Å². The first-order valence-corrected chi connectivity index (χ1v) is 24.8. The summed E-state index contributed by atoms with van der Waals surface area (Å²) >= 11 is 0. The molecule has 1 amide bonds. The van der Waals surface area contributed by atoms with Crippen LogP contribution >= 0.6 is 0 Å². The molecule has 0 unspecified atom stereocenters. The van der Waals surface area contributed by atoms with Crippen molar-refractivity contribution in [3.05, 3.63) is 160 Å². The molecule has 0 aliphatic carbocycles. The van der Waals surface area contributed by atoms with Crippen LogP contribution in [0.3, 0.4) is 0 Å². The van der Waals surface area contributed by atoms with Crippen molar-refractivity contribution in [3.63, 3.8) is 0 Å². The Labute approximate surface area is 403 Å². The Kier molecular flexibility index (Phi) is 11.9. The third kappa shape index (κ3) is 8.13. The second-order valence-electron chi connectivity index (χ2n) is 16.9. The maximum atomic E-state index is 15.6. The van der Waals surface area contributed by atoms with Gasteiger partial charge in [-0.1, -0.05) is 58.8 Å². The number of aryl methyl sites for hydroxylation is 4. The van der Waals surface area contributed by atoms with Crippen LogP contribution in [0, 0.1) is 41.5 Å². The van der Waals surface area contributed by atoms with Gasteiger partial charge >= 0.3 is 0 Å². The number of sulfonamides is 2. The Bertz CT molecular complexity index is 3480. The topological polar surface area (TPSA) is 235 Å². The van der Waals surface area contributed by atoms with Crippen LogP contribution in [-0.2, 0) is 32.6 Å². The predicted molar refractivity (Wildman–Crippen MR) is 260 cm³/mol. The van der Waals surface area contributed by atoms with Crippen LogP contribution in [0.4, 0.5) is 11.8 Å². The number of carbonyl (C=O) groups is 1. The largest absolute Gasteiger partial charge is 0.445 e. The number of benzene rings is 4. The van der Waals surface area contributed by atoms with Gasteiger partial charge in [0, 0.05) is 53.2 Å². The molecule has 0 fully saturated rings. The van der Waals surface area contributed by atoms with E-state index in [0.717, 1.165) is 0 Å². The first-order chi connectivity index (χ1) is 33.3. The lowest BCUT2D eigenvalue weighted by molar-refractivity contribution is 0.0654. The van der Waals surface area contributed by atoms with Gasteiger partial charge in [0.1, 0.15) is 12.5 Å². The van der Waals surface area contributed by atoms with E-state index in [1.807, 2.05) is 6.92 Å². The molecule has 5 heterocycles. The van der Waals surface area contributed by atoms with E-state index in [9.17, 15) is 16.8 Å². The van der Waals surface area contributed by atoms with Crippen LogP contribution in [0.2, 0.25) is 0 Å². The van der Waals surface area contributed by atoms with Gasteiger partial charge in [0.2, 0.25) is 23.5 Å². The third-order valence-corrected chi connectivity index (χ3v) is 15.6. The highest BCUT2D eigenvalue weighted by molar-refractivity contribution is 7.93. The normalized spacial score (nSPS) is 12.1. The second kappa shape index (κ2) is 17.8. The Hall–Kier alpha value is -8.10. The van der Waals surface area contributed by atoms with Crippen LogP contribution in [0.15, 0.2) is 138 Å². The monoisotopic (exact) mass is 981 g/mol. The Morgan fingerprint density at radius 1 is 0.629 bits per heavy atom. The molecular formula is C50H47N9O9S2. The zero-order valence-electron chi connectivity index (χ0n) is 39.5. The number of nitrogens with zero attached hydrogens (tertiary/aromatic N) is 7. The van der Waals surface area contributed by atoms with Gasteiger partial charge in [-0.2, -0.15) is 5.10 Å². The first kappa shape index (κ1) is 47.0. The molecule has 9 aromatic rings. The van der Waals surface area contributed by atoms with Crippen LogP contribution in [0.1, 0.15) is 62.3 Å². The average Bonchev–Trinajstić information content (AvgIpc) is 4.22. The number of carbonyl (C=O) groups excluding carboxylic acids is 1. The quantitative estimate of drug-likeness (QED) is 0.103. The molecule has 70 heavy (non-hydrogen) atoms. The molecule has 9 rings (SSSR count). The van der Waals surface area contributed by atoms with E-state index in [1.54, 1.807) is 138 Å². The van der Waals surface area contributed by atoms with Gasteiger partial charge in [-0.25, -0.2) is 36.2 Å². The van der Waals surface area contributed by atoms with Crippen molar-refractivity contribution < 1.29 is 39.5 Å². The zero-order chi connectivity index (χ0) is 49.9. The molecular weight excluding hydrogens is 935 g/mol. The summed E-state index contributed by atoms with van der Waals surface area (Å²) in [4.78, 5) is 25.8. The van der Waals surface area contributed by atoms with Crippen molar-refractivity contribution in [2.75, 3.05) is 16.5 Å².